The second-order valence-corrected chi connectivity index (χ2v) is 16.3. The Labute approximate surface area is 317 Å². The standard InChI is InChI=1S/C40H49N4O7PS/c1-27(2)44(28(3)4)52(49-23-11-22-41)50-26-35-36(24-37(51-35)43-25-29(5)38(45)42-39(43)46)53-40(30-12-9-8-10-13-30,31-14-18-33(47-6)19-15-31)32-16-20-34(48-7)21-17-32/h8-10,12-21,25,27-28,35-37H,11,23-24,26H2,1-7H3,(H,42,45,46)/t35-,36+,37-,52?/m1/s1. The molecule has 282 valence electrons. The molecule has 53 heavy (non-hydrogen) atoms. The zero-order chi connectivity index (χ0) is 38.1. The van der Waals surface area contributed by atoms with Crippen LogP contribution < -0.4 is 20.7 Å². The Balaban J connectivity index is 1.63. The molecular weight excluding hydrogens is 712 g/mol. The highest BCUT2D eigenvalue weighted by Gasteiger charge is 2.46. The Bertz CT molecular complexity index is 1870. The van der Waals surface area contributed by atoms with Gasteiger partial charge in [0.1, 0.15) is 17.7 Å². The van der Waals surface area contributed by atoms with Crippen LogP contribution >= 0.6 is 20.3 Å². The molecule has 1 aliphatic heterocycles. The summed E-state index contributed by atoms with van der Waals surface area (Å²) in [6.45, 7) is 10.4. The summed E-state index contributed by atoms with van der Waals surface area (Å²) in [6, 6.07) is 28.9. The van der Waals surface area contributed by atoms with Crippen molar-refractivity contribution in [3.63, 3.8) is 0 Å². The molecule has 1 unspecified atom stereocenters. The topological polar surface area (TPSA) is 128 Å². The van der Waals surface area contributed by atoms with Crippen molar-refractivity contribution in [2.45, 2.75) is 81.9 Å². The van der Waals surface area contributed by atoms with Crippen molar-refractivity contribution < 1.29 is 23.3 Å². The van der Waals surface area contributed by atoms with E-state index in [9.17, 15) is 14.9 Å². The van der Waals surface area contributed by atoms with Gasteiger partial charge in [-0.1, -0.05) is 54.6 Å². The largest absolute Gasteiger partial charge is 0.497 e. The molecule has 4 atom stereocenters. The van der Waals surface area contributed by atoms with Gasteiger partial charge < -0.3 is 23.3 Å². The summed E-state index contributed by atoms with van der Waals surface area (Å²) in [5.74, 6) is 1.48. The molecule has 11 nitrogen and oxygen atoms in total. The summed E-state index contributed by atoms with van der Waals surface area (Å²) in [7, 11) is 1.74. The molecule has 13 heteroatoms. The molecule has 1 aromatic heterocycles. The van der Waals surface area contributed by atoms with Crippen molar-refractivity contribution in [2.75, 3.05) is 27.4 Å². The molecule has 0 bridgehead atoms. The van der Waals surface area contributed by atoms with E-state index in [2.05, 4.69) is 79.8 Å². The van der Waals surface area contributed by atoms with Crippen molar-refractivity contribution >= 4 is 20.3 Å². The first-order chi connectivity index (χ1) is 25.5. The van der Waals surface area contributed by atoms with Crippen LogP contribution in [0.5, 0.6) is 11.5 Å². The average Bonchev–Trinajstić information content (AvgIpc) is 3.56. The second-order valence-electron chi connectivity index (χ2n) is 13.3. The van der Waals surface area contributed by atoms with Crippen molar-refractivity contribution in [1.82, 2.24) is 14.2 Å². The SMILES string of the molecule is COc1ccc(C(S[C@H]2C[C@H](n3cc(C)c(=O)[nH]c3=O)O[C@@H]2COP(OCCC#N)N(C(C)C)C(C)C)(c2ccccc2)c2ccc(OC)cc2)cc1. The summed E-state index contributed by atoms with van der Waals surface area (Å²) in [5.41, 5.74) is 2.53. The Kier molecular flexibility index (Phi) is 14.0. The molecule has 2 heterocycles. The van der Waals surface area contributed by atoms with Crippen LogP contribution in [-0.2, 0) is 18.5 Å². The van der Waals surface area contributed by atoms with Gasteiger partial charge in [-0.2, -0.15) is 5.26 Å². The lowest BCUT2D eigenvalue weighted by molar-refractivity contribution is -0.0218. The molecular formula is C40H49N4O7PS. The number of methoxy groups -OCH3 is 2. The number of aryl methyl sites for hydroxylation is 1. The van der Waals surface area contributed by atoms with Crippen molar-refractivity contribution in [3.8, 4) is 17.6 Å². The Hall–Kier alpha value is -3.95. The Morgan fingerprint density at radius 3 is 2.02 bits per heavy atom. The molecule has 0 saturated carbocycles. The molecule has 1 N–H and O–H groups in total. The monoisotopic (exact) mass is 760 g/mol. The molecule has 0 aliphatic carbocycles. The van der Waals surface area contributed by atoms with E-state index in [1.807, 2.05) is 42.5 Å². The summed E-state index contributed by atoms with van der Waals surface area (Å²) < 4.78 is 33.7. The molecule has 1 fully saturated rings. The maximum absolute atomic E-state index is 13.2. The highest BCUT2D eigenvalue weighted by atomic mass is 32.2. The number of rotatable bonds is 17. The van der Waals surface area contributed by atoms with E-state index in [0.717, 1.165) is 28.2 Å². The number of nitrogens with zero attached hydrogens (tertiary/aromatic N) is 3. The van der Waals surface area contributed by atoms with E-state index >= 15 is 0 Å². The van der Waals surface area contributed by atoms with Crippen LogP contribution in [0.2, 0.25) is 0 Å². The molecule has 0 amide bonds. The van der Waals surface area contributed by atoms with Gasteiger partial charge in [-0.3, -0.25) is 14.3 Å². The van der Waals surface area contributed by atoms with Gasteiger partial charge in [-0.15, -0.1) is 11.8 Å². The van der Waals surface area contributed by atoms with Crippen LogP contribution in [-0.4, -0.2) is 65.1 Å². The zero-order valence-corrected chi connectivity index (χ0v) is 33.1. The predicted molar refractivity (Wildman–Crippen MR) is 209 cm³/mol. The number of nitrogens with one attached hydrogen (secondary N) is 1. The smallest absolute Gasteiger partial charge is 0.330 e. The first kappa shape index (κ1) is 40.2. The third-order valence-electron chi connectivity index (χ3n) is 9.15. The molecule has 1 saturated heterocycles. The summed E-state index contributed by atoms with van der Waals surface area (Å²) in [6.07, 6.45) is 1.06. The summed E-state index contributed by atoms with van der Waals surface area (Å²) >= 11 is 1.74. The minimum atomic E-state index is -1.56. The number of aromatic nitrogens is 2. The third-order valence-corrected chi connectivity index (χ3v) is 13.1. The van der Waals surface area contributed by atoms with Gasteiger partial charge in [0.2, 0.25) is 0 Å². The van der Waals surface area contributed by atoms with Crippen LogP contribution in [0.1, 0.15) is 69.0 Å². The first-order valence-corrected chi connectivity index (χ1v) is 19.7. The van der Waals surface area contributed by atoms with Crippen LogP contribution in [0.25, 0.3) is 0 Å². The van der Waals surface area contributed by atoms with Gasteiger partial charge in [0.25, 0.3) is 14.1 Å². The lowest BCUT2D eigenvalue weighted by Gasteiger charge is -2.39. The molecule has 1 aliphatic rings. The van der Waals surface area contributed by atoms with E-state index in [1.165, 1.54) is 4.57 Å². The average molecular weight is 761 g/mol. The maximum atomic E-state index is 13.2. The fourth-order valence-electron chi connectivity index (χ4n) is 6.65. The number of hydrogen-bond donors (Lipinski definition) is 1. The number of ether oxygens (including phenoxy) is 3. The van der Waals surface area contributed by atoms with Gasteiger partial charge in [0.15, 0.2) is 0 Å². The second kappa shape index (κ2) is 18.4. The van der Waals surface area contributed by atoms with E-state index in [4.69, 9.17) is 23.3 Å². The highest BCUT2D eigenvalue weighted by Crippen LogP contribution is 2.55. The number of thioether (sulfide) groups is 1. The normalized spacial score (nSPS) is 18.0. The van der Waals surface area contributed by atoms with Crippen molar-refractivity contribution in [2.24, 2.45) is 0 Å². The minimum Gasteiger partial charge on any atom is -0.497 e. The maximum Gasteiger partial charge on any atom is 0.330 e. The van der Waals surface area contributed by atoms with Crippen LogP contribution in [0.15, 0.2) is 94.6 Å². The van der Waals surface area contributed by atoms with E-state index < -0.39 is 36.9 Å². The lowest BCUT2D eigenvalue weighted by Crippen LogP contribution is -2.36. The molecule has 0 spiro atoms. The fraction of sp³-hybridized carbons (Fsp3) is 0.425. The Morgan fingerprint density at radius 1 is 0.925 bits per heavy atom. The summed E-state index contributed by atoms with van der Waals surface area (Å²) in [4.78, 5) is 28.0. The van der Waals surface area contributed by atoms with E-state index in [1.54, 1.807) is 39.1 Å². The number of benzene rings is 3. The number of hydrogen-bond acceptors (Lipinski definition) is 10. The zero-order valence-electron chi connectivity index (χ0n) is 31.4. The van der Waals surface area contributed by atoms with Gasteiger partial charge in [-0.25, -0.2) is 9.46 Å². The molecule has 3 aromatic carbocycles. The predicted octanol–water partition coefficient (Wildman–Crippen LogP) is 7.54. The third kappa shape index (κ3) is 9.23. The van der Waals surface area contributed by atoms with Crippen LogP contribution in [0.3, 0.4) is 0 Å². The van der Waals surface area contributed by atoms with Gasteiger partial charge >= 0.3 is 5.69 Å². The van der Waals surface area contributed by atoms with Crippen LogP contribution in [0, 0.1) is 18.3 Å². The van der Waals surface area contributed by atoms with E-state index in [0.29, 0.717) is 12.0 Å². The van der Waals surface area contributed by atoms with Crippen LogP contribution in [0.4, 0.5) is 0 Å². The minimum absolute atomic E-state index is 0.115. The number of nitriles is 1. The Morgan fingerprint density at radius 2 is 1.49 bits per heavy atom. The first-order valence-electron chi connectivity index (χ1n) is 17.7. The number of aromatic amines is 1. The molecule has 5 rings (SSSR count). The van der Waals surface area contributed by atoms with Gasteiger partial charge in [-0.05, 0) is 75.6 Å². The highest BCUT2D eigenvalue weighted by molar-refractivity contribution is 8.01. The van der Waals surface area contributed by atoms with Crippen molar-refractivity contribution in [1.29, 1.82) is 5.26 Å². The summed E-state index contributed by atoms with van der Waals surface area (Å²) in [5, 5.41) is 9.02. The molecule has 4 aromatic rings. The van der Waals surface area contributed by atoms with Crippen molar-refractivity contribution in [3.05, 3.63) is 128 Å². The molecule has 0 radical (unpaired) electrons. The quantitative estimate of drug-likeness (QED) is 0.0655. The lowest BCUT2D eigenvalue weighted by atomic mass is 9.84. The number of H-pyrrole nitrogens is 1. The fourth-order valence-corrected chi connectivity index (χ4v) is 10.1. The van der Waals surface area contributed by atoms with Gasteiger partial charge in [0, 0.05) is 35.5 Å². The van der Waals surface area contributed by atoms with Gasteiger partial charge in [0.05, 0.1) is 50.8 Å². The van der Waals surface area contributed by atoms with E-state index in [-0.39, 0.29) is 37.0 Å².